The lowest BCUT2D eigenvalue weighted by Crippen LogP contribution is -2.17. The van der Waals surface area contributed by atoms with E-state index in [0.29, 0.717) is 6.04 Å². The molecule has 1 heterocycles. The third-order valence-corrected chi connectivity index (χ3v) is 3.49. The number of benzene rings is 1. The summed E-state index contributed by atoms with van der Waals surface area (Å²) >= 11 is 7.37. The van der Waals surface area contributed by atoms with Crippen molar-refractivity contribution in [3.8, 4) is 0 Å². The van der Waals surface area contributed by atoms with Crippen molar-refractivity contribution >= 4 is 34.2 Å². The van der Waals surface area contributed by atoms with Crippen LogP contribution in [0.15, 0.2) is 23.2 Å². The monoisotopic (exact) mass is 258 g/mol. The van der Waals surface area contributed by atoms with Gasteiger partial charge in [0.1, 0.15) is 5.82 Å². The van der Waals surface area contributed by atoms with E-state index >= 15 is 0 Å². The number of aliphatic imine (C=N–C) groups is 1. The maximum absolute atomic E-state index is 12.9. The second-order valence-electron chi connectivity index (χ2n) is 3.67. The molecule has 5 heteroatoms. The maximum Gasteiger partial charge on any atom is 0.161 e. The molecule has 1 atom stereocenters. The fourth-order valence-corrected chi connectivity index (χ4v) is 2.67. The summed E-state index contributed by atoms with van der Waals surface area (Å²) in [6.07, 6.45) is 1.10. The van der Waals surface area contributed by atoms with Crippen molar-refractivity contribution in [1.82, 2.24) is 0 Å². The number of nitrogens with one attached hydrogen (secondary N) is 1. The molecule has 0 fully saturated rings. The molecule has 2 nitrogen and oxygen atoms in total. The molecule has 1 aliphatic rings. The lowest BCUT2D eigenvalue weighted by atomic mass is 10.3. The quantitative estimate of drug-likeness (QED) is 0.829. The van der Waals surface area contributed by atoms with Gasteiger partial charge < -0.3 is 5.32 Å². The highest BCUT2D eigenvalue weighted by Crippen LogP contribution is 2.23. The summed E-state index contributed by atoms with van der Waals surface area (Å²) in [5.74, 6) is 0.654. The number of anilines is 1. The molecule has 0 bridgehead atoms. The lowest BCUT2D eigenvalue weighted by Gasteiger charge is -2.17. The second kappa shape index (κ2) is 5.06. The van der Waals surface area contributed by atoms with Gasteiger partial charge in [0, 0.05) is 11.4 Å². The van der Waals surface area contributed by atoms with Crippen LogP contribution < -0.4 is 5.32 Å². The second-order valence-corrected chi connectivity index (χ2v) is 5.17. The molecule has 0 radical (unpaired) electrons. The van der Waals surface area contributed by atoms with E-state index in [0.717, 1.165) is 23.0 Å². The van der Waals surface area contributed by atoms with E-state index in [1.807, 2.05) is 0 Å². The van der Waals surface area contributed by atoms with Crippen molar-refractivity contribution in [3.05, 3.63) is 29.0 Å². The van der Waals surface area contributed by atoms with E-state index in [-0.39, 0.29) is 5.02 Å². The fourth-order valence-electron chi connectivity index (χ4n) is 1.39. The van der Waals surface area contributed by atoms with Crippen molar-refractivity contribution in [1.29, 1.82) is 0 Å². The molecule has 0 aliphatic carbocycles. The number of amidine groups is 1. The Hall–Kier alpha value is -0.740. The molecule has 1 aliphatic heterocycles. The summed E-state index contributed by atoms with van der Waals surface area (Å²) < 4.78 is 12.9. The molecule has 0 amide bonds. The van der Waals surface area contributed by atoms with Gasteiger partial charge in [-0.05, 0) is 31.5 Å². The number of hydrogen-bond acceptors (Lipinski definition) is 3. The molecule has 86 valence electrons. The van der Waals surface area contributed by atoms with E-state index in [1.54, 1.807) is 23.9 Å². The lowest BCUT2D eigenvalue weighted by molar-refractivity contribution is 0.628. The first-order valence-corrected chi connectivity index (χ1v) is 6.44. The summed E-state index contributed by atoms with van der Waals surface area (Å²) in [6, 6.07) is 4.92. The van der Waals surface area contributed by atoms with Crippen molar-refractivity contribution in [2.24, 2.45) is 4.99 Å². The first-order chi connectivity index (χ1) is 7.65. The largest absolute Gasteiger partial charge is 0.335 e. The van der Waals surface area contributed by atoms with Gasteiger partial charge in [0.15, 0.2) is 5.17 Å². The van der Waals surface area contributed by atoms with E-state index in [4.69, 9.17) is 11.6 Å². The smallest absolute Gasteiger partial charge is 0.161 e. The van der Waals surface area contributed by atoms with Crippen LogP contribution >= 0.6 is 23.4 Å². The van der Waals surface area contributed by atoms with Crippen molar-refractivity contribution in [2.45, 2.75) is 19.4 Å². The third kappa shape index (κ3) is 2.89. The van der Waals surface area contributed by atoms with Gasteiger partial charge in [-0.1, -0.05) is 23.4 Å². The number of halogens is 2. The van der Waals surface area contributed by atoms with E-state index < -0.39 is 5.82 Å². The highest BCUT2D eigenvalue weighted by molar-refractivity contribution is 8.14. The van der Waals surface area contributed by atoms with Crippen LogP contribution in [0.5, 0.6) is 0 Å². The zero-order valence-electron chi connectivity index (χ0n) is 8.84. The molecule has 0 saturated carbocycles. The van der Waals surface area contributed by atoms with Crippen molar-refractivity contribution in [3.63, 3.8) is 0 Å². The topological polar surface area (TPSA) is 24.4 Å². The van der Waals surface area contributed by atoms with Crippen LogP contribution in [-0.4, -0.2) is 17.0 Å². The molecule has 0 spiro atoms. The Balaban J connectivity index is 2.11. The summed E-state index contributed by atoms with van der Waals surface area (Å²) in [4.78, 5) is 4.46. The predicted molar refractivity (Wildman–Crippen MR) is 69.0 cm³/mol. The highest BCUT2D eigenvalue weighted by Gasteiger charge is 2.12. The molecular weight excluding hydrogens is 247 g/mol. The van der Waals surface area contributed by atoms with Gasteiger partial charge in [0.05, 0.1) is 11.1 Å². The molecule has 0 saturated heterocycles. The Kier molecular flexibility index (Phi) is 3.71. The molecule has 1 aromatic carbocycles. The normalized spacial score (nSPS) is 20.4. The van der Waals surface area contributed by atoms with Crippen LogP contribution in [0, 0.1) is 5.82 Å². The number of nitrogens with zero attached hydrogens (tertiary/aromatic N) is 1. The summed E-state index contributed by atoms with van der Waals surface area (Å²) in [6.45, 7) is 2.08. The standard InChI is InChI=1S/C11H12ClFN2S/c1-7-4-5-16-11(14-7)15-8-2-3-10(13)9(12)6-8/h2-3,6-7H,4-5H2,1H3,(H,14,15). The first kappa shape index (κ1) is 11.7. The minimum absolute atomic E-state index is 0.124. The van der Waals surface area contributed by atoms with Gasteiger partial charge in [-0.2, -0.15) is 0 Å². The Bertz CT molecular complexity index is 422. The maximum atomic E-state index is 12.9. The Morgan fingerprint density at radius 2 is 2.38 bits per heavy atom. The van der Waals surface area contributed by atoms with Gasteiger partial charge in [0.2, 0.25) is 0 Å². The highest BCUT2D eigenvalue weighted by atomic mass is 35.5. The summed E-state index contributed by atoms with van der Waals surface area (Å²) in [5.41, 5.74) is 0.770. The van der Waals surface area contributed by atoms with E-state index in [1.165, 1.54) is 6.07 Å². The van der Waals surface area contributed by atoms with Crippen molar-refractivity contribution in [2.75, 3.05) is 11.1 Å². The molecule has 1 aromatic rings. The fraction of sp³-hybridized carbons (Fsp3) is 0.364. The third-order valence-electron chi connectivity index (χ3n) is 2.28. The average molecular weight is 259 g/mol. The summed E-state index contributed by atoms with van der Waals surface area (Å²) in [7, 11) is 0. The minimum Gasteiger partial charge on any atom is -0.335 e. The van der Waals surface area contributed by atoms with E-state index in [2.05, 4.69) is 17.2 Å². The van der Waals surface area contributed by atoms with Crippen LogP contribution in [0.3, 0.4) is 0 Å². The van der Waals surface area contributed by atoms with Gasteiger partial charge in [-0.15, -0.1) is 0 Å². The zero-order valence-corrected chi connectivity index (χ0v) is 10.4. The van der Waals surface area contributed by atoms with Crippen LogP contribution in [0.2, 0.25) is 5.02 Å². The SMILES string of the molecule is CC1CCSC(Nc2ccc(F)c(Cl)c2)=N1. The average Bonchev–Trinajstić information content (AvgIpc) is 2.24. The Morgan fingerprint density at radius 1 is 1.56 bits per heavy atom. The number of hydrogen-bond donors (Lipinski definition) is 1. The van der Waals surface area contributed by atoms with Gasteiger partial charge >= 0.3 is 0 Å². The first-order valence-electron chi connectivity index (χ1n) is 5.08. The zero-order chi connectivity index (χ0) is 11.5. The number of thioether (sulfide) groups is 1. The molecular formula is C11H12ClFN2S. The van der Waals surface area contributed by atoms with Gasteiger partial charge in [-0.3, -0.25) is 4.99 Å². The summed E-state index contributed by atoms with van der Waals surface area (Å²) in [5, 5.41) is 4.14. The molecule has 1 N–H and O–H groups in total. The van der Waals surface area contributed by atoms with Gasteiger partial charge in [0.25, 0.3) is 0 Å². The Morgan fingerprint density at radius 3 is 3.06 bits per heavy atom. The molecule has 16 heavy (non-hydrogen) atoms. The number of rotatable bonds is 1. The Labute approximate surface area is 103 Å². The minimum atomic E-state index is -0.404. The van der Waals surface area contributed by atoms with Crippen LogP contribution in [0.25, 0.3) is 0 Å². The molecule has 2 rings (SSSR count). The van der Waals surface area contributed by atoms with Gasteiger partial charge in [-0.25, -0.2) is 4.39 Å². The van der Waals surface area contributed by atoms with Crippen LogP contribution in [0.4, 0.5) is 10.1 Å². The van der Waals surface area contributed by atoms with E-state index in [9.17, 15) is 4.39 Å². The van der Waals surface area contributed by atoms with Crippen LogP contribution in [-0.2, 0) is 0 Å². The molecule has 0 aromatic heterocycles. The predicted octanol–water partition coefficient (Wildman–Crippen LogP) is 3.77. The van der Waals surface area contributed by atoms with Crippen LogP contribution in [0.1, 0.15) is 13.3 Å². The van der Waals surface area contributed by atoms with Crippen molar-refractivity contribution < 1.29 is 4.39 Å². The molecule has 1 unspecified atom stereocenters.